The van der Waals surface area contributed by atoms with Gasteiger partial charge in [-0.1, -0.05) is 12.1 Å². The predicted molar refractivity (Wildman–Crippen MR) is 124 cm³/mol. The molecule has 4 N–H and O–H groups in total. The van der Waals surface area contributed by atoms with Gasteiger partial charge in [-0.2, -0.15) is 0 Å². The Morgan fingerprint density at radius 1 is 1.22 bits per heavy atom. The quantitative estimate of drug-likeness (QED) is 0.289. The molecule has 1 aromatic carbocycles. The molecule has 0 aliphatic heterocycles. The molecule has 0 saturated heterocycles. The van der Waals surface area contributed by atoms with Crippen LogP contribution in [-0.4, -0.2) is 42.0 Å². The van der Waals surface area contributed by atoms with E-state index in [1.165, 1.54) is 22.0 Å². The second kappa shape index (κ2) is 10.5. The number of amides is 1. The Kier molecular flexibility index (Phi) is 9.08. The Labute approximate surface area is 179 Å². The van der Waals surface area contributed by atoms with Gasteiger partial charge in [0.1, 0.15) is 6.54 Å². The van der Waals surface area contributed by atoms with Crippen LogP contribution in [0.4, 0.5) is 0 Å². The van der Waals surface area contributed by atoms with Gasteiger partial charge >= 0.3 is 0 Å². The first-order valence-electron chi connectivity index (χ1n) is 9.19. The van der Waals surface area contributed by atoms with E-state index in [9.17, 15) is 4.79 Å². The van der Waals surface area contributed by atoms with Crippen molar-refractivity contribution < 1.29 is 4.79 Å². The van der Waals surface area contributed by atoms with E-state index in [0.717, 1.165) is 19.5 Å². The summed E-state index contributed by atoms with van der Waals surface area (Å²) >= 11 is 0. The highest BCUT2D eigenvalue weighted by molar-refractivity contribution is 14.0. The zero-order chi connectivity index (χ0) is 19.2. The van der Waals surface area contributed by atoms with Crippen molar-refractivity contribution in [2.75, 3.05) is 19.6 Å². The molecule has 0 aliphatic rings. The summed E-state index contributed by atoms with van der Waals surface area (Å²) in [5.74, 6) is 0.579. The van der Waals surface area contributed by atoms with Crippen molar-refractivity contribution in [1.29, 1.82) is 0 Å². The number of halogens is 1. The van der Waals surface area contributed by atoms with Crippen molar-refractivity contribution in [3.8, 4) is 0 Å². The smallest absolute Gasteiger partial charge is 0.242 e. The van der Waals surface area contributed by atoms with Crippen molar-refractivity contribution in [3.63, 3.8) is 0 Å². The van der Waals surface area contributed by atoms with Gasteiger partial charge in [-0.3, -0.25) is 4.79 Å². The third-order valence-electron chi connectivity index (χ3n) is 3.92. The standard InChI is InChI=1S/C20H31N5O.HI/c1-6-21-19(24-13-17(26)25-20(3,4)5)22-11-10-15-12-23-16-9-7-8-14(2)18(15)16;/h7-9,12,23H,6,10-11,13H2,1-5H3,(H,25,26)(H2,21,22,24);1H. The molecular formula is C20H32IN5O. The van der Waals surface area contributed by atoms with Gasteiger partial charge < -0.3 is 20.9 Å². The molecule has 1 amide bonds. The molecule has 27 heavy (non-hydrogen) atoms. The topological polar surface area (TPSA) is 81.3 Å². The van der Waals surface area contributed by atoms with E-state index in [0.29, 0.717) is 5.96 Å². The van der Waals surface area contributed by atoms with Crippen LogP contribution in [0.5, 0.6) is 0 Å². The lowest BCUT2D eigenvalue weighted by atomic mass is 10.1. The van der Waals surface area contributed by atoms with Crippen LogP contribution in [0.15, 0.2) is 29.4 Å². The molecule has 2 rings (SSSR count). The molecule has 0 radical (unpaired) electrons. The predicted octanol–water partition coefficient (Wildman–Crippen LogP) is 3.11. The molecule has 0 unspecified atom stereocenters. The van der Waals surface area contributed by atoms with Crippen LogP contribution >= 0.6 is 24.0 Å². The van der Waals surface area contributed by atoms with E-state index in [-0.39, 0.29) is 42.0 Å². The molecule has 1 heterocycles. The second-order valence-corrected chi connectivity index (χ2v) is 7.48. The minimum absolute atomic E-state index is 0. The highest BCUT2D eigenvalue weighted by Gasteiger charge is 2.13. The number of nitrogens with zero attached hydrogens (tertiary/aromatic N) is 1. The number of nitrogens with one attached hydrogen (secondary N) is 4. The lowest BCUT2D eigenvalue weighted by Gasteiger charge is -2.20. The van der Waals surface area contributed by atoms with E-state index in [1.54, 1.807) is 0 Å². The second-order valence-electron chi connectivity index (χ2n) is 7.48. The zero-order valence-corrected chi connectivity index (χ0v) is 19.2. The Hall–Kier alpha value is -1.77. The molecule has 7 heteroatoms. The minimum Gasteiger partial charge on any atom is -0.361 e. The van der Waals surface area contributed by atoms with Crippen molar-refractivity contribution in [2.24, 2.45) is 4.99 Å². The molecule has 6 nitrogen and oxygen atoms in total. The van der Waals surface area contributed by atoms with Gasteiger partial charge in [-0.05, 0) is 58.2 Å². The van der Waals surface area contributed by atoms with Crippen LogP contribution in [0.2, 0.25) is 0 Å². The molecular weight excluding hydrogens is 453 g/mol. The Morgan fingerprint density at radius 3 is 2.63 bits per heavy atom. The lowest BCUT2D eigenvalue weighted by Crippen LogP contribution is -2.43. The molecule has 0 spiro atoms. The fourth-order valence-electron chi connectivity index (χ4n) is 2.91. The SMILES string of the molecule is CCNC(=NCC(=O)NC(C)(C)C)NCCc1c[nH]c2cccc(C)c12.I. The van der Waals surface area contributed by atoms with Gasteiger partial charge in [0.15, 0.2) is 5.96 Å². The third-order valence-corrected chi connectivity index (χ3v) is 3.92. The zero-order valence-electron chi connectivity index (χ0n) is 16.9. The first-order valence-corrected chi connectivity index (χ1v) is 9.19. The van der Waals surface area contributed by atoms with Gasteiger partial charge in [-0.25, -0.2) is 4.99 Å². The van der Waals surface area contributed by atoms with Gasteiger partial charge in [0.25, 0.3) is 0 Å². The van der Waals surface area contributed by atoms with Gasteiger partial charge in [0.05, 0.1) is 0 Å². The number of fused-ring (bicyclic) bond motifs is 1. The summed E-state index contributed by atoms with van der Waals surface area (Å²) in [6.07, 6.45) is 2.95. The van der Waals surface area contributed by atoms with E-state index in [2.05, 4.69) is 57.2 Å². The average molecular weight is 485 g/mol. The fourth-order valence-corrected chi connectivity index (χ4v) is 2.91. The summed E-state index contributed by atoms with van der Waals surface area (Å²) < 4.78 is 0. The maximum atomic E-state index is 11.9. The molecule has 1 aromatic heterocycles. The van der Waals surface area contributed by atoms with Crippen LogP contribution in [0, 0.1) is 6.92 Å². The number of hydrogen-bond acceptors (Lipinski definition) is 2. The lowest BCUT2D eigenvalue weighted by molar-refractivity contribution is -0.121. The minimum atomic E-state index is -0.244. The van der Waals surface area contributed by atoms with Crippen molar-refractivity contribution >= 4 is 46.7 Å². The van der Waals surface area contributed by atoms with Crippen molar-refractivity contribution in [1.82, 2.24) is 20.9 Å². The number of aromatic amines is 1. The number of hydrogen-bond donors (Lipinski definition) is 4. The maximum Gasteiger partial charge on any atom is 0.242 e. The summed E-state index contributed by atoms with van der Waals surface area (Å²) in [6, 6.07) is 6.29. The molecule has 0 saturated carbocycles. The van der Waals surface area contributed by atoms with Gasteiger partial charge in [-0.15, -0.1) is 24.0 Å². The number of aromatic nitrogens is 1. The van der Waals surface area contributed by atoms with Crippen LogP contribution in [-0.2, 0) is 11.2 Å². The monoisotopic (exact) mass is 485 g/mol. The summed E-state index contributed by atoms with van der Waals surface area (Å²) in [4.78, 5) is 19.6. The average Bonchev–Trinajstić information content (AvgIpc) is 2.95. The number of benzene rings is 1. The normalized spacial score (nSPS) is 11.8. The number of aliphatic imine (C=N–C) groups is 1. The number of guanidine groups is 1. The molecule has 0 atom stereocenters. The first kappa shape index (κ1) is 23.3. The van der Waals surface area contributed by atoms with E-state index >= 15 is 0 Å². The first-order chi connectivity index (χ1) is 12.3. The number of aryl methyl sites for hydroxylation is 1. The molecule has 0 bridgehead atoms. The summed E-state index contributed by atoms with van der Waals surface area (Å²) in [6.45, 7) is 11.6. The highest BCUT2D eigenvalue weighted by atomic mass is 127. The van der Waals surface area contributed by atoms with Crippen molar-refractivity contribution in [2.45, 2.75) is 46.6 Å². The number of carbonyl (C=O) groups excluding carboxylic acids is 1. The van der Waals surface area contributed by atoms with Crippen LogP contribution in [0.1, 0.15) is 38.8 Å². The molecule has 150 valence electrons. The van der Waals surface area contributed by atoms with Crippen LogP contribution in [0.3, 0.4) is 0 Å². The molecule has 0 aliphatic carbocycles. The Balaban J connectivity index is 0.00000364. The summed E-state index contributed by atoms with van der Waals surface area (Å²) in [5.41, 5.74) is 3.48. The van der Waals surface area contributed by atoms with Gasteiger partial charge in [0, 0.05) is 35.7 Å². The van der Waals surface area contributed by atoms with E-state index in [1.807, 2.05) is 27.7 Å². The summed E-state index contributed by atoms with van der Waals surface area (Å²) in [7, 11) is 0. The van der Waals surface area contributed by atoms with E-state index < -0.39 is 0 Å². The Morgan fingerprint density at radius 2 is 1.96 bits per heavy atom. The largest absolute Gasteiger partial charge is 0.361 e. The van der Waals surface area contributed by atoms with Crippen LogP contribution in [0.25, 0.3) is 10.9 Å². The fraction of sp³-hybridized carbons (Fsp3) is 0.500. The molecule has 2 aromatic rings. The van der Waals surface area contributed by atoms with E-state index in [4.69, 9.17) is 0 Å². The number of rotatable bonds is 6. The maximum absolute atomic E-state index is 11.9. The Bertz CT molecular complexity index is 776. The number of carbonyl (C=O) groups is 1. The summed E-state index contributed by atoms with van der Waals surface area (Å²) in [5, 5.41) is 10.7. The van der Waals surface area contributed by atoms with Crippen LogP contribution < -0.4 is 16.0 Å². The highest BCUT2D eigenvalue weighted by Crippen LogP contribution is 2.22. The van der Waals surface area contributed by atoms with Gasteiger partial charge in [0.2, 0.25) is 5.91 Å². The van der Waals surface area contributed by atoms with Crippen molar-refractivity contribution in [3.05, 3.63) is 35.5 Å². The number of H-pyrrole nitrogens is 1. The molecule has 0 fully saturated rings. The third kappa shape index (κ3) is 7.40.